The van der Waals surface area contributed by atoms with Gasteiger partial charge in [0.2, 0.25) is 5.91 Å². The fourth-order valence-corrected chi connectivity index (χ4v) is 4.08. The van der Waals surface area contributed by atoms with Crippen LogP contribution in [-0.2, 0) is 18.4 Å². The Labute approximate surface area is 136 Å². The Hall–Kier alpha value is -1.02. The summed E-state index contributed by atoms with van der Waals surface area (Å²) >= 11 is 3.40. The van der Waals surface area contributed by atoms with Gasteiger partial charge in [-0.25, -0.2) is 8.78 Å². The number of rotatable bonds is 2. The number of aryl methyl sites for hydroxylation is 1. The third-order valence-electron chi connectivity index (χ3n) is 4.56. The fraction of sp³-hybridized carbons (Fsp3) is 0.714. The number of nitrogens with zero attached hydrogens (tertiary/aromatic N) is 3. The molecule has 0 bridgehead atoms. The standard InChI is InChI=1S/C14H19BrF2N4O/c1-20-11(10(15)5-19-20)6-21-8-13(7-14(16,17)9-21)3-2-4-18-12(13)22/h5H,2-4,6-9H2,1H3,(H,18,22)/t13-/m1/s1. The zero-order valence-electron chi connectivity index (χ0n) is 12.4. The van der Waals surface area contributed by atoms with E-state index in [0.29, 0.717) is 26.1 Å². The predicted molar refractivity (Wildman–Crippen MR) is 80.4 cm³/mol. The molecular formula is C14H19BrF2N4O. The minimum atomic E-state index is -2.85. The van der Waals surface area contributed by atoms with E-state index in [2.05, 4.69) is 26.3 Å². The lowest BCUT2D eigenvalue weighted by Gasteiger charge is -2.46. The van der Waals surface area contributed by atoms with Crippen molar-refractivity contribution in [3.63, 3.8) is 0 Å². The van der Waals surface area contributed by atoms with Crippen LogP contribution in [0.4, 0.5) is 8.78 Å². The first-order chi connectivity index (χ1) is 10.3. The average molecular weight is 377 g/mol. The number of hydrogen-bond acceptors (Lipinski definition) is 3. The van der Waals surface area contributed by atoms with Crippen LogP contribution in [0, 0.1) is 5.41 Å². The minimum Gasteiger partial charge on any atom is -0.356 e. The molecule has 2 saturated heterocycles. The minimum absolute atomic E-state index is 0.229. The SMILES string of the molecule is Cn1ncc(Br)c1CN1CC(F)(F)C[C@]2(CCCNC2=O)C1. The van der Waals surface area contributed by atoms with E-state index in [1.165, 1.54) is 0 Å². The van der Waals surface area contributed by atoms with Crippen molar-refractivity contribution in [2.45, 2.75) is 31.7 Å². The van der Waals surface area contributed by atoms with Crippen molar-refractivity contribution in [3.8, 4) is 0 Å². The van der Waals surface area contributed by atoms with E-state index in [0.717, 1.165) is 16.6 Å². The molecular weight excluding hydrogens is 358 g/mol. The molecule has 0 unspecified atom stereocenters. The summed E-state index contributed by atoms with van der Waals surface area (Å²) in [5.74, 6) is -3.08. The Kier molecular flexibility index (Phi) is 4.01. The van der Waals surface area contributed by atoms with Crippen LogP contribution in [0.25, 0.3) is 0 Å². The van der Waals surface area contributed by atoms with Gasteiger partial charge in [0.15, 0.2) is 0 Å². The number of likely N-dealkylation sites (tertiary alicyclic amines) is 1. The molecule has 22 heavy (non-hydrogen) atoms. The van der Waals surface area contributed by atoms with Gasteiger partial charge in [0.1, 0.15) is 0 Å². The number of aromatic nitrogens is 2. The summed E-state index contributed by atoms with van der Waals surface area (Å²) in [6.07, 6.45) is 2.58. The average Bonchev–Trinajstić information content (AvgIpc) is 2.72. The number of halogens is 3. The number of nitrogens with one attached hydrogen (secondary N) is 1. The summed E-state index contributed by atoms with van der Waals surface area (Å²) in [5, 5.41) is 6.87. The zero-order chi connectivity index (χ0) is 16.0. The second kappa shape index (κ2) is 5.56. The lowest BCUT2D eigenvalue weighted by atomic mass is 9.72. The highest BCUT2D eigenvalue weighted by atomic mass is 79.9. The summed E-state index contributed by atoms with van der Waals surface area (Å²) in [7, 11) is 1.78. The van der Waals surface area contributed by atoms with Crippen molar-refractivity contribution in [2.24, 2.45) is 12.5 Å². The van der Waals surface area contributed by atoms with E-state index in [4.69, 9.17) is 0 Å². The molecule has 1 amide bonds. The molecule has 2 aliphatic rings. The van der Waals surface area contributed by atoms with Crippen molar-refractivity contribution in [1.29, 1.82) is 0 Å². The molecule has 8 heteroatoms. The molecule has 0 aliphatic carbocycles. The first-order valence-corrected chi connectivity index (χ1v) is 8.16. The Balaban J connectivity index is 1.84. The van der Waals surface area contributed by atoms with Crippen LogP contribution in [0.15, 0.2) is 10.7 Å². The van der Waals surface area contributed by atoms with Crippen LogP contribution < -0.4 is 5.32 Å². The smallest absolute Gasteiger partial charge is 0.261 e. The Morgan fingerprint density at radius 1 is 1.45 bits per heavy atom. The zero-order valence-corrected chi connectivity index (χ0v) is 14.0. The van der Waals surface area contributed by atoms with Gasteiger partial charge in [0.25, 0.3) is 5.92 Å². The summed E-state index contributed by atoms with van der Waals surface area (Å²) in [4.78, 5) is 13.9. The lowest BCUT2D eigenvalue weighted by Crippen LogP contribution is -2.60. The Bertz CT molecular complexity index is 572. The molecule has 122 valence electrons. The second-order valence-electron chi connectivity index (χ2n) is 6.38. The normalized spacial score (nSPS) is 28.8. The maximum absolute atomic E-state index is 14.2. The van der Waals surface area contributed by atoms with Crippen molar-refractivity contribution < 1.29 is 13.6 Å². The summed E-state index contributed by atoms with van der Waals surface area (Å²) < 4.78 is 30.9. The third-order valence-corrected chi connectivity index (χ3v) is 5.22. The van der Waals surface area contributed by atoms with E-state index in [1.54, 1.807) is 22.8 Å². The molecule has 3 heterocycles. The van der Waals surface area contributed by atoms with Crippen LogP contribution in [0.1, 0.15) is 25.0 Å². The van der Waals surface area contributed by atoms with Gasteiger partial charge in [-0.2, -0.15) is 5.10 Å². The highest BCUT2D eigenvalue weighted by molar-refractivity contribution is 9.10. The molecule has 1 aromatic heterocycles. The number of amides is 1. The second-order valence-corrected chi connectivity index (χ2v) is 7.23. The largest absolute Gasteiger partial charge is 0.356 e. The molecule has 2 aliphatic heterocycles. The number of carbonyl (C=O) groups excluding carboxylic acids is 1. The van der Waals surface area contributed by atoms with Gasteiger partial charge in [-0.15, -0.1) is 0 Å². The first-order valence-electron chi connectivity index (χ1n) is 7.36. The number of piperidine rings is 2. The summed E-state index contributed by atoms with van der Waals surface area (Å²) in [5.41, 5.74) is -0.130. The van der Waals surface area contributed by atoms with Gasteiger partial charge in [0.05, 0.1) is 28.3 Å². The molecule has 0 saturated carbocycles. The molecule has 2 fully saturated rings. The monoisotopic (exact) mass is 376 g/mol. The van der Waals surface area contributed by atoms with Crippen molar-refractivity contribution in [1.82, 2.24) is 20.0 Å². The molecule has 0 aromatic carbocycles. The number of carbonyl (C=O) groups is 1. The topological polar surface area (TPSA) is 50.2 Å². The molecule has 3 rings (SSSR count). The molecule has 1 spiro atoms. The molecule has 0 radical (unpaired) electrons. The van der Waals surface area contributed by atoms with E-state index in [9.17, 15) is 13.6 Å². The van der Waals surface area contributed by atoms with E-state index in [-0.39, 0.29) is 18.9 Å². The highest BCUT2D eigenvalue weighted by Gasteiger charge is 2.53. The van der Waals surface area contributed by atoms with Crippen molar-refractivity contribution in [2.75, 3.05) is 19.6 Å². The van der Waals surface area contributed by atoms with E-state index in [1.807, 2.05) is 0 Å². The summed E-state index contributed by atoms with van der Waals surface area (Å²) in [6.45, 7) is 0.979. The van der Waals surface area contributed by atoms with Gasteiger partial charge >= 0.3 is 0 Å². The third kappa shape index (κ3) is 2.90. The molecule has 1 N–H and O–H groups in total. The van der Waals surface area contributed by atoms with E-state index < -0.39 is 11.3 Å². The predicted octanol–water partition coefficient (Wildman–Crippen LogP) is 1.92. The van der Waals surface area contributed by atoms with Crippen molar-refractivity contribution >= 4 is 21.8 Å². The Morgan fingerprint density at radius 3 is 2.86 bits per heavy atom. The molecule has 1 atom stereocenters. The number of hydrogen-bond donors (Lipinski definition) is 1. The van der Waals surface area contributed by atoms with Crippen LogP contribution in [-0.4, -0.2) is 46.1 Å². The quantitative estimate of drug-likeness (QED) is 0.857. The van der Waals surface area contributed by atoms with Crippen LogP contribution >= 0.6 is 15.9 Å². The molecule has 5 nitrogen and oxygen atoms in total. The van der Waals surface area contributed by atoms with E-state index >= 15 is 0 Å². The highest BCUT2D eigenvalue weighted by Crippen LogP contribution is 2.43. The van der Waals surface area contributed by atoms with Gasteiger partial charge < -0.3 is 5.32 Å². The van der Waals surface area contributed by atoms with Crippen LogP contribution in [0.2, 0.25) is 0 Å². The maximum atomic E-state index is 14.2. The van der Waals surface area contributed by atoms with Gasteiger partial charge in [-0.1, -0.05) is 0 Å². The van der Waals surface area contributed by atoms with Crippen LogP contribution in [0.3, 0.4) is 0 Å². The van der Waals surface area contributed by atoms with Crippen molar-refractivity contribution in [3.05, 3.63) is 16.4 Å². The fourth-order valence-electron chi connectivity index (χ4n) is 3.60. The van der Waals surface area contributed by atoms with Gasteiger partial charge in [0, 0.05) is 33.1 Å². The van der Waals surface area contributed by atoms with Gasteiger partial charge in [-0.05, 0) is 28.8 Å². The summed E-state index contributed by atoms with van der Waals surface area (Å²) in [6, 6.07) is 0. The van der Waals surface area contributed by atoms with Gasteiger partial charge in [-0.3, -0.25) is 14.4 Å². The number of alkyl halides is 2. The maximum Gasteiger partial charge on any atom is 0.261 e. The first kappa shape index (κ1) is 15.9. The van der Waals surface area contributed by atoms with Crippen LogP contribution in [0.5, 0.6) is 0 Å². The molecule has 1 aromatic rings. The lowest BCUT2D eigenvalue weighted by molar-refractivity contribution is -0.158. The Morgan fingerprint density at radius 2 is 2.23 bits per heavy atom.